The van der Waals surface area contributed by atoms with Crippen molar-refractivity contribution in [3.05, 3.63) is 62.5 Å². The number of para-hydroxylation sites is 1. The molecule has 0 aliphatic rings. The molecule has 130 valence electrons. The SMILES string of the molecule is O=C(NNc1ccccc1C(F)(F)F)c1cc(Br)cc2[nH]c(=O)[nH]c12. The third-order valence-corrected chi connectivity index (χ3v) is 3.84. The van der Waals surface area contributed by atoms with Crippen LogP contribution in [0.2, 0.25) is 0 Å². The molecule has 0 fully saturated rings. The summed E-state index contributed by atoms with van der Waals surface area (Å²) in [6.45, 7) is 0. The van der Waals surface area contributed by atoms with E-state index in [0.717, 1.165) is 6.07 Å². The molecule has 1 heterocycles. The highest BCUT2D eigenvalue weighted by Gasteiger charge is 2.33. The van der Waals surface area contributed by atoms with Gasteiger partial charge in [0.25, 0.3) is 5.91 Å². The van der Waals surface area contributed by atoms with E-state index >= 15 is 0 Å². The van der Waals surface area contributed by atoms with Gasteiger partial charge in [0.05, 0.1) is 27.8 Å². The van der Waals surface area contributed by atoms with Crippen molar-refractivity contribution in [1.82, 2.24) is 15.4 Å². The minimum absolute atomic E-state index is 0.0831. The molecule has 10 heteroatoms. The van der Waals surface area contributed by atoms with Crippen LogP contribution in [0.15, 0.2) is 45.7 Å². The molecule has 2 aromatic carbocycles. The molecule has 3 rings (SSSR count). The summed E-state index contributed by atoms with van der Waals surface area (Å²) in [4.78, 5) is 28.7. The average molecular weight is 415 g/mol. The van der Waals surface area contributed by atoms with Gasteiger partial charge in [0.15, 0.2) is 0 Å². The first-order valence-electron chi connectivity index (χ1n) is 6.90. The molecule has 0 atom stereocenters. The summed E-state index contributed by atoms with van der Waals surface area (Å²) in [6, 6.07) is 7.78. The maximum absolute atomic E-state index is 13.0. The number of amides is 1. The average Bonchev–Trinajstić information content (AvgIpc) is 2.91. The topological polar surface area (TPSA) is 89.8 Å². The van der Waals surface area contributed by atoms with Crippen LogP contribution in [-0.4, -0.2) is 15.9 Å². The van der Waals surface area contributed by atoms with E-state index in [-0.39, 0.29) is 16.8 Å². The van der Waals surface area contributed by atoms with Crippen LogP contribution in [0.1, 0.15) is 15.9 Å². The number of rotatable bonds is 3. The number of carbonyl (C=O) groups excluding carboxylic acids is 1. The Morgan fingerprint density at radius 1 is 1.12 bits per heavy atom. The maximum atomic E-state index is 13.0. The molecular formula is C15H10BrF3N4O2. The van der Waals surface area contributed by atoms with E-state index in [2.05, 4.69) is 36.7 Å². The Bertz CT molecular complexity index is 1010. The van der Waals surface area contributed by atoms with E-state index in [1.165, 1.54) is 24.3 Å². The maximum Gasteiger partial charge on any atom is 0.418 e. The Kier molecular flexibility index (Phi) is 4.29. The zero-order valence-corrected chi connectivity index (χ0v) is 13.9. The number of aromatic nitrogens is 2. The van der Waals surface area contributed by atoms with Gasteiger partial charge >= 0.3 is 11.9 Å². The Balaban J connectivity index is 1.89. The monoisotopic (exact) mass is 414 g/mol. The molecule has 1 aromatic heterocycles. The highest BCUT2D eigenvalue weighted by molar-refractivity contribution is 9.10. The van der Waals surface area contributed by atoms with Gasteiger partial charge in [-0.3, -0.25) is 15.6 Å². The van der Waals surface area contributed by atoms with Crippen LogP contribution in [0.25, 0.3) is 11.0 Å². The van der Waals surface area contributed by atoms with Crippen LogP contribution in [0.3, 0.4) is 0 Å². The molecule has 3 aromatic rings. The number of fused-ring (bicyclic) bond motifs is 1. The highest BCUT2D eigenvalue weighted by Crippen LogP contribution is 2.34. The second kappa shape index (κ2) is 6.28. The first-order chi connectivity index (χ1) is 11.8. The van der Waals surface area contributed by atoms with Gasteiger partial charge in [-0.2, -0.15) is 13.2 Å². The summed E-state index contributed by atoms with van der Waals surface area (Å²) in [5.41, 5.74) is 3.49. The van der Waals surface area contributed by atoms with Crippen LogP contribution in [0.5, 0.6) is 0 Å². The summed E-state index contributed by atoms with van der Waals surface area (Å²) in [6.07, 6.45) is -4.57. The number of hydrazine groups is 1. The normalized spacial score (nSPS) is 11.5. The van der Waals surface area contributed by atoms with Crippen molar-refractivity contribution in [2.45, 2.75) is 6.18 Å². The second-order valence-electron chi connectivity index (χ2n) is 5.08. The Labute approximate surface area is 146 Å². The predicted octanol–water partition coefficient (Wildman–Crippen LogP) is 3.39. The lowest BCUT2D eigenvalue weighted by molar-refractivity contribution is -0.137. The third kappa shape index (κ3) is 3.53. The summed E-state index contributed by atoms with van der Waals surface area (Å²) in [5, 5.41) is 0. The first kappa shape index (κ1) is 17.1. The van der Waals surface area contributed by atoms with Crippen LogP contribution in [0.4, 0.5) is 18.9 Å². The van der Waals surface area contributed by atoms with E-state index in [1.807, 2.05) is 0 Å². The quantitative estimate of drug-likeness (QED) is 0.495. The number of imidazole rings is 1. The highest BCUT2D eigenvalue weighted by atomic mass is 79.9. The first-order valence-corrected chi connectivity index (χ1v) is 7.69. The van der Waals surface area contributed by atoms with Crippen LogP contribution >= 0.6 is 15.9 Å². The zero-order chi connectivity index (χ0) is 18.2. The van der Waals surface area contributed by atoms with E-state index in [0.29, 0.717) is 9.99 Å². The van der Waals surface area contributed by atoms with Gasteiger partial charge in [-0.1, -0.05) is 28.1 Å². The van der Waals surface area contributed by atoms with Gasteiger partial charge in [0.1, 0.15) is 0 Å². The molecule has 4 N–H and O–H groups in total. The summed E-state index contributed by atoms with van der Waals surface area (Å²) in [5.74, 6) is -0.710. The molecule has 6 nitrogen and oxygen atoms in total. The number of hydrogen-bond donors (Lipinski definition) is 4. The number of alkyl halides is 3. The molecule has 0 aliphatic carbocycles. The van der Waals surface area contributed by atoms with E-state index in [1.54, 1.807) is 6.07 Å². The fourth-order valence-electron chi connectivity index (χ4n) is 2.32. The molecule has 25 heavy (non-hydrogen) atoms. The van der Waals surface area contributed by atoms with Crippen molar-refractivity contribution in [1.29, 1.82) is 0 Å². The molecule has 0 unspecified atom stereocenters. The molecule has 0 radical (unpaired) electrons. The van der Waals surface area contributed by atoms with Gasteiger partial charge in [0, 0.05) is 4.47 Å². The predicted molar refractivity (Wildman–Crippen MR) is 89.2 cm³/mol. The summed E-state index contributed by atoms with van der Waals surface area (Å²) < 4.78 is 39.4. The number of H-pyrrole nitrogens is 2. The number of benzene rings is 2. The fraction of sp³-hybridized carbons (Fsp3) is 0.0667. The van der Waals surface area contributed by atoms with Gasteiger partial charge in [0.2, 0.25) is 0 Å². The van der Waals surface area contributed by atoms with Crippen molar-refractivity contribution in [2.24, 2.45) is 0 Å². The number of hydrogen-bond acceptors (Lipinski definition) is 3. The third-order valence-electron chi connectivity index (χ3n) is 3.38. The number of halogens is 4. The van der Waals surface area contributed by atoms with Gasteiger partial charge < -0.3 is 9.97 Å². The standard InChI is InChI=1S/C15H10BrF3N4O2/c16-7-5-8(12-11(6-7)20-14(25)21-12)13(24)23-22-10-4-2-1-3-9(10)15(17,18)19/h1-6,22H,(H,23,24)(H2,20,21,25). The lowest BCUT2D eigenvalue weighted by Gasteiger charge is -2.15. The molecule has 1 amide bonds. The molecule has 0 spiro atoms. The number of nitrogens with one attached hydrogen (secondary N) is 4. The van der Waals surface area contributed by atoms with Gasteiger partial charge in [-0.25, -0.2) is 4.79 Å². The van der Waals surface area contributed by atoms with E-state index in [9.17, 15) is 22.8 Å². The fourth-order valence-corrected chi connectivity index (χ4v) is 2.77. The molecule has 0 aliphatic heterocycles. The number of aromatic amines is 2. The Morgan fingerprint density at radius 2 is 1.84 bits per heavy atom. The van der Waals surface area contributed by atoms with Crippen molar-refractivity contribution in [3.8, 4) is 0 Å². The van der Waals surface area contributed by atoms with E-state index < -0.39 is 23.3 Å². The minimum Gasteiger partial charge on any atom is -0.306 e. The van der Waals surface area contributed by atoms with Crippen molar-refractivity contribution in [2.75, 3.05) is 5.43 Å². The minimum atomic E-state index is -4.57. The van der Waals surface area contributed by atoms with Crippen LogP contribution in [0, 0.1) is 0 Å². The van der Waals surface area contributed by atoms with Gasteiger partial charge in [-0.05, 0) is 24.3 Å². The van der Waals surface area contributed by atoms with Crippen molar-refractivity contribution < 1.29 is 18.0 Å². The van der Waals surface area contributed by atoms with Crippen LogP contribution < -0.4 is 16.5 Å². The van der Waals surface area contributed by atoms with Crippen molar-refractivity contribution >= 4 is 38.6 Å². The van der Waals surface area contributed by atoms with Gasteiger partial charge in [-0.15, -0.1) is 0 Å². The van der Waals surface area contributed by atoms with Crippen LogP contribution in [-0.2, 0) is 6.18 Å². The molecule has 0 saturated heterocycles. The molecular weight excluding hydrogens is 405 g/mol. The molecule has 0 bridgehead atoms. The summed E-state index contributed by atoms with van der Waals surface area (Å²) >= 11 is 3.21. The Hall–Kier alpha value is -2.75. The largest absolute Gasteiger partial charge is 0.418 e. The molecule has 0 saturated carbocycles. The lowest BCUT2D eigenvalue weighted by atomic mass is 10.1. The second-order valence-corrected chi connectivity index (χ2v) is 5.99. The Morgan fingerprint density at radius 3 is 2.56 bits per heavy atom. The van der Waals surface area contributed by atoms with E-state index in [4.69, 9.17) is 0 Å². The number of carbonyl (C=O) groups is 1. The lowest BCUT2D eigenvalue weighted by Crippen LogP contribution is -2.30. The zero-order valence-electron chi connectivity index (χ0n) is 12.3. The van der Waals surface area contributed by atoms with Crippen molar-refractivity contribution in [3.63, 3.8) is 0 Å². The smallest absolute Gasteiger partial charge is 0.306 e. The summed E-state index contributed by atoms with van der Waals surface area (Å²) in [7, 11) is 0. The number of anilines is 1.